The van der Waals surface area contributed by atoms with Crippen LogP contribution in [0.3, 0.4) is 0 Å². The molecule has 2 amide bonds. The summed E-state index contributed by atoms with van der Waals surface area (Å²) >= 11 is 1.60. The minimum absolute atomic E-state index is 0.119. The van der Waals surface area contributed by atoms with Gasteiger partial charge in [0.25, 0.3) is 0 Å². The number of carbonyl (C=O) groups excluding carboxylic acids is 2. The summed E-state index contributed by atoms with van der Waals surface area (Å²) in [5, 5.41) is 14.5. The summed E-state index contributed by atoms with van der Waals surface area (Å²) in [4.78, 5) is 26.1. The Morgan fingerprint density at radius 2 is 1.83 bits per heavy atom. The Bertz CT molecular complexity index is 1180. The highest BCUT2D eigenvalue weighted by molar-refractivity contribution is 7.98. The number of carbonyl (C=O) groups is 2. The van der Waals surface area contributed by atoms with Gasteiger partial charge in [-0.2, -0.15) is 0 Å². The largest absolute Gasteiger partial charge is 0.491 e. The van der Waals surface area contributed by atoms with Crippen molar-refractivity contribution in [2.75, 3.05) is 35.8 Å². The SMILES string of the molecule is CSc1ccc(NC(=O)O[C@@H](C/C=C/C(=O)Nc2ccccc2N)c2cccc(OCCO)c2)cc1. The van der Waals surface area contributed by atoms with E-state index in [1.807, 2.05) is 18.4 Å². The molecule has 9 heteroatoms. The number of anilines is 3. The summed E-state index contributed by atoms with van der Waals surface area (Å²) in [5.74, 6) is 0.175. The number of nitrogens with two attached hydrogens (primary N) is 1. The molecule has 0 aromatic heterocycles. The van der Waals surface area contributed by atoms with Gasteiger partial charge in [-0.05, 0) is 66.4 Å². The second-order valence-electron chi connectivity index (χ2n) is 7.61. The number of para-hydroxylation sites is 2. The number of nitrogen functional groups attached to an aromatic ring is 1. The van der Waals surface area contributed by atoms with Crippen molar-refractivity contribution < 1.29 is 24.2 Å². The monoisotopic (exact) mass is 507 g/mol. The molecule has 0 aliphatic carbocycles. The number of thioether (sulfide) groups is 1. The van der Waals surface area contributed by atoms with E-state index in [-0.39, 0.29) is 25.5 Å². The van der Waals surface area contributed by atoms with E-state index < -0.39 is 12.2 Å². The molecule has 0 fully saturated rings. The Morgan fingerprint density at radius 1 is 1.06 bits per heavy atom. The minimum Gasteiger partial charge on any atom is -0.491 e. The van der Waals surface area contributed by atoms with Crippen LogP contribution in [0.4, 0.5) is 21.9 Å². The topological polar surface area (TPSA) is 123 Å². The van der Waals surface area contributed by atoms with Gasteiger partial charge in [-0.15, -0.1) is 11.8 Å². The summed E-state index contributed by atoms with van der Waals surface area (Å²) in [6.45, 7) is 0.0237. The van der Waals surface area contributed by atoms with Crippen LogP contribution in [0.1, 0.15) is 18.1 Å². The third-order valence-corrected chi connectivity index (χ3v) is 5.76. The average Bonchev–Trinajstić information content (AvgIpc) is 2.89. The van der Waals surface area contributed by atoms with E-state index in [2.05, 4.69) is 10.6 Å². The molecule has 0 radical (unpaired) electrons. The van der Waals surface area contributed by atoms with E-state index in [0.29, 0.717) is 28.4 Å². The van der Waals surface area contributed by atoms with Gasteiger partial charge >= 0.3 is 6.09 Å². The van der Waals surface area contributed by atoms with Crippen LogP contribution >= 0.6 is 11.8 Å². The normalized spacial score (nSPS) is 11.6. The highest BCUT2D eigenvalue weighted by Crippen LogP contribution is 2.27. The molecule has 0 bridgehead atoms. The Hall–Kier alpha value is -3.95. The second kappa shape index (κ2) is 13.8. The molecule has 8 nitrogen and oxygen atoms in total. The van der Waals surface area contributed by atoms with Crippen LogP contribution in [0, 0.1) is 0 Å². The van der Waals surface area contributed by atoms with E-state index >= 15 is 0 Å². The fraction of sp³-hybridized carbons (Fsp3) is 0.185. The molecule has 0 aliphatic heterocycles. The van der Waals surface area contributed by atoms with Crippen LogP contribution in [0.25, 0.3) is 0 Å². The van der Waals surface area contributed by atoms with Gasteiger partial charge in [0, 0.05) is 17.0 Å². The number of hydrogen-bond acceptors (Lipinski definition) is 7. The van der Waals surface area contributed by atoms with Crippen molar-refractivity contribution >= 4 is 40.8 Å². The maximum absolute atomic E-state index is 12.7. The first kappa shape index (κ1) is 26.7. The third kappa shape index (κ3) is 8.37. The van der Waals surface area contributed by atoms with E-state index in [1.165, 1.54) is 6.08 Å². The van der Waals surface area contributed by atoms with Gasteiger partial charge in [-0.1, -0.05) is 30.3 Å². The predicted molar refractivity (Wildman–Crippen MR) is 143 cm³/mol. The van der Waals surface area contributed by atoms with Crippen molar-refractivity contribution in [1.29, 1.82) is 0 Å². The second-order valence-corrected chi connectivity index (χ2v) is 8.49. The predicted octanol–water partition coefficient (Wildman–Crippen LogP) is 5.24. The van der Waals surface area contributed by atoms with Gasteiger partial charge in [0.05, 0.1) is 18.0 Å². The molecule has 0 saturated carbocycles. The van der Waals surface area contributed by atoms with Crippen LogP contribution in [-0.4, -0.2) is 36.6 Å². The zero-order chi connectivity index (χ0) is 25.8. The van der Waals surface area contributed by atoms with E-state index in [1.54, 1.807) is 78.5 Å². The van der Waals surface area contributed by atoms with Crippen LogP contribution < -0.4 is 21.1 Å². The van der Waals surface area contributed by atoms with Crippen LogP contribution in [0.2, 0.25) is 0 Å². The van der Waals surface area contributed by atoms with Gasteiger partial charge in [0.1, 0.15) is 18.5 Å². The number of nitrogens with one attached hydrogen (secondary N) is 2. The van der Waals surface area contributed by atoms with Crippen molar-refractivity contribution in [3.05, 3.63) is 90.5 Å². The first-order valence-electron chi connectivity index (χ1n) is 11.3. The Balaban J connectivity index is 1.70. The fourth-order valence-electron chi connectivity index (χ4n) is 3.26. The lowest BCUT2D eigenvalue weighted by Gasteiger charge is -2.18. The number of rotatable bonds is 11. The van der Waals surface area contributed by atoms with Crippen LogP contribution in [0.5, 0.6) is 5.75 Å². The number of hydrogen-bond donors (Lipinski definition) is 4. The standard InChI is InChI=1S/C27H29N3O5S/c1-36-22-14-12-20(13-15-22)29-27(33)35-25(19-6-4-7-21(18-19)34-17-16-31)10-5-11-26(32)30-24-9-3-2-8-23(24)28/h2-9,11-15,18,25,31H,10,16-17,28H2,1H3,(H,29,33)(H,30,32)/b11-5+/t25-/m0/s1. The molecule has 0 saturated heterocycles. The van der Waals surface area contributed by atoms with Gasteiger partial charge in [-0.25, -0.2) is 4.79 Å². The summed E-state index contributed by atoms with van der Waals surface area (Å²) in [6.07, 6.45) is 3.88. The minimum atomic E-state index is -0.695. The number of amides is 2. The lowest BCUT2D eigenvalue weighted by Crippen LogP contribution is -2.17. The van der Waals surface area contributed by atoms with Gasteiger partial charge < -0.3 is 25.6 Å². The van der Waals surface area contributed by atoms with Crippen molar-refractivity contribution in [1.82, 2.24) is 0 Å². The number of benzene rings is 3. The van der Waals surface area contributed by atoms with E-state index in [4.69, 9.17) is 20.3 Å². The fourth-order valence-corrected chi connectivity index (χ4v) is 3.66. The molecule has 188 valence electrons. The summed E-state index contributed by atoms with van der Waals surface area (Å²) in [6, 6.07) is 21.4. The molecule has 3 aromatic rings. The third-order valence-electron chi connectivity index (χ3n) is 5.01. The molecule has 0 unspecified atom stereocenters. The highest BCUT2D eigenvalue weighted by Gasteiger charge is 2.17. The number of ether oxygens (including phenoxy) is 2. The lowest BCUT2D eigenvalue weighted by atomic mass is 10.1. The van der Waals surface area contributed by atoms with E-state index in [9.17, 15) is 9.59 Å². The van der Waals surface area contributed by atoms with Gasteiger partial charge in [0.15, 0.2) is 0 Å². The molecule has 0 spiro atoms. The van der Waals surface area contributed by atoms with Crippen molar-refractivity contribution in [3.8, 4) is 5.75 Å². The Morgan fingerprint density at radius 3 is 2.56 bits per heavy atom. The van der Waals surface area contributed by atoms with Gasteiger partial charge in [-0.3, -0.25) is 10.1 Å². The smallest absolute Gasteiger partial charge is 0.412 e. The van der Waals surface area contributed by atoms with E-state index in [0.717, 1.165) is 4.90 Å². The summed E-state index contributed by atoms with van der Waals surface area (Å²) in [7, 11) is 0. The first-order valence-corrected chi connectivity index (χ1v) is 12.5. The van der Waals surface area contributed by atoms with Crippen LogP contribution in [-0.2, 0) is 9.53 Å². The molecule has 5 N–H and O–H groups in total. The number of aliphatic hydroxyl groups excluding tert-OH is 1. The molecule has 0 heterocycles. The summed E-state index contributed by atoms with van der Waals surface area (Å²) < 4.78 is 11.2. The molecule has 3 aromatic carbocycles. The van der Waals surface area contributed by atoms with Crippen molar-refractivity contribution in [2.45, 2.75) is 17.4 Å². The maximum Gasteiger partial charge on any atom is 0.412 e. The molecule has 1 atom stereocenters. The van der Waals surface area contributed by atoms with Gasteiger partial charge in [0.2, 0.25) is 5.91 Å². The zero-order valence-electron chi connectivity index (χ0n) is 19.8. The summed E-state index contributed by atoms with van der Waals surface area (Å²) in [5.41, 5.74) is 8.13. The molecule has 0 aliphatic rings. The number of aliphatic hydroxyl groups is 1. The highest BCUT2D eigenvalue weighted by atomic mass is 32.2. The zero-order valence-corrected chi connectivity index (χ0v) is 20.7. The molecule has 36 heavy (non-hydrogen) atoms. The Kier molecular flexibility index (Phi) is 10.2. The molecular formula is C27H29N3O5S. The molecule has 3 rings (SSSR count). The first-order chi connectivity index (χ1) is 17.5. The quantitative estimate of drug-likeness (QED) is 0.159. The maximum atomic E-state index is 12.7. The van der Waals surface area contributed by atoms with Crippen LogP contribution in [0.15, 0.2) is 89.8 Å². The Labute approximate surface area is 214 Å². The van der Waals surface area contributed by atoms with Crippen molar-refractivity contribution in [3.63, 3.8) is 0 Å². The lowest BCUT2D eigenvalue weighted by molar-refractivity contribution is -0.111. The van der Waals surface area contributed by atoms with Crippen molar-refractivity contribution in [2.24, 2.45) is 0 Å². The average molecular weight is 508 g/mol. The molecular weight excluding hydrogens is 478 g/mol.